The highest BCUT2D eigenvalue weighted by atomic mass is 32.2. The summed E-state index contributed by atoms with van der Waals surface area (Å²) in [6.07, 6.45) is 2.73. The van der Waals surface area contributed by atoms with Gasteiger partial charge in [0.15, 0.2) is 9.84 Å². The number of ether oxygens (including phenoxy) is 1. The SMILES string of the molecule is CCOc1cc(/C=C/S(C)(=O)=O)ccc1C. The van der Waals surface area contributed by atoms with Gasteiger partial charge in [-0.1, -0.05) is 12.1 Å². The molecule has 3 nitrogen and oxygen atoms in total. The minimum absolute atomic E-state index is 0.597. The molecule has 4 heteroatoms. The molecule has 0 spiro atoms. The monoisotopic (exact) mass is 240 g/mol. The normalized spacial score (nSPS) is 11.9. The van der Waals surface area contributed by atoms with Crippen LogP contribution in [0.1, 0.15) is 18.1 Å². The Morgan fingerprint density at radius 1 is 1.38 bits per heavy atom. The summed E-state index contributed by atoms with van der Waals surface area (Å²) in [6, 6.07) is 5.60. The van der Waals surface area contributed by atoms with Crippen molar-refractivity contribution in [3.8, 4) is 5.75 Å². The van der Waals surface area contributed by atoms with Crippen molar-refractivity contribution in [3.63, 3.8) is 0 Å². The minimum Gasteiger partial charge on any atom is -0.494 e. The Morgan fingerprint density at radius 3 is 2.62 bits per heavy atom. The van der Waals surface area contributed by atoms with Gasteiger partial charge in [0.1, 0.15) is 5.75 Å². The molecular formula is C12H16O3S. The zero-order chi connectivity index (χ0) is 12.2. The van der Waals surface area contributed by atoms with Crippen LogP contribution in [0.4, 0.5) is 0 Å². The van der Waals surface area contributed by atoms with Crippen molar-refractivity contribution in [1.29, 1.82) is 0 Å². The molecule has 0 fully saturated rings. The maximum absolute atomic E-state index is 11.0. The third-order valence-corrected chi connectivity index (χ3v) is 2.65. The van der Waals surface area contributed by atoms with E-state index in [9.17, 15) is 8.42 Å². The molecule has 0 saturated heterocycles. The number of hydrogen-bond donors (Lipinski definition) is 0. The standard InChI is InChI=1S/C12H16O3S/c1-4-15-12-9-11(6-5-10(12)2)7-8-16(3,13)14/h5-9H,4H2,1-3H3/b8-7+. The highest BCUT2D eigenvalue weighted by molar-refractivity contribution is 7.93. The van der Waals surface area contributed by atoms with Crippen LogP contribution in [0.15, 0.2) is 23.6 Å². The predicted octanol–water partition coefficient (Wildman–Crippen LogP) is 2.41. The number of rotatable bonds is 4. The first kappa shape index (κ1) is 12.8. The maximum Gasteiger partial charge on any atom is 0.168 e. The van der Waals surface area contributed by atoms with Crippen LogP contribution in [0.3, 0.4) is 0 Å². The summed E-state index contributed by atoms with van der Waals surface area (Å²) < 4.78 is 27.4. The second-order valence-corrected chi connectivity index (χ2v) is 5.52. The Balaban J connectivity index is 2.99. The van der Waals surface area contributed by atoms with Crippen LogP contribution in [-0.2, 0) is 9.84 Å². The maximum atomic E-state index is 11.0. The van der Waals surface area contributed by atoms with Crippen LogP contribution in [0.2, 0.25) is 0 Å². The Labute approximate surface area is 96.7 Å². The van der Waals surface area contributed by atoms with Crippen LogP contribution in [0, 0.1) is 6.92 Å². The average molecular weight is 240 g/mol. The van der Waals surface area contributed by atoms with Crippen LogP contribution < -0.4 is 4.74 Å². The summed E-state index contributed by atoms with van der Waals surface area (Å²) in [5.41, 5.74) is 1.86. The molecule has 0 heterocycles. The van der Waals surface area contributed by atoms with Crippen LogP contribution in [0.5, 0.6) is 5.75 Å². The molecular weight excluding hydrogens is 224 g/mol. The molecule has 0 aliphatic carbocycles. The summed E-state index contributed by atoms with van der Waals surface area (Å²) in [4.78, 5) is 0. The first-order valence-electron chi connectivity index (χ1n) is 5.04. The van der Waals surface area contributed by atoms with E-state index >= 15 is 0 Å². The molecule has 1 rings (SSSR count). The molecule has 0 aliphatic rings. The summed E-state index contributed by atoms with van der Waals surface area (Å²) in [5, 5.41) is 1.19. The van der Waals surface area contributed by atoms with Crippen molar-refractivity contribution in [2.24, 2.45) is 0 Å². The lowest BCUT2D eigenvalue weighted by atomic mass is 10.1. The smallest absolute Gasteiger partial charge is 0.168 e. The fraction of sp³-hybridized carbons (Fsp3) is 0.333. The quantitative estimate of drug-likeness (QED) is 0.811. The highest BCUT2D eigenvalue weighted by Gasteiger charge is 2.00. The van der Waals surface area contributed by atoms with E-state index < -0.39 is 9.84 Å². The largest absolute Gasteiger partial charge is 0.494 e. The van der Waals surface area contributed by atoms with Crippen LogP contribution >= 0.6 is 0 Å². The first-order chi connectivity index (χ1) is 7.42. The fourth-order valence-electron chi connectivity index (χ4n) is 1.23. The number of sulfone groups is 1. The van der Waals surface area contributed by atoms with Gasteiger partial charge in [-0.25, -0.2) is 8.42 Å². The van der Waals surface area contributed by atoms with Crippen molar-refractivity contribution in [2.75, 3.05) is 12.9 Å². The van der Waals surface area contributed by atoms with E-state index in [0.717, 1.165) is 16.9 Å². The van der Waals surface area contributed by atoms with E-state index in [2.05, 4.69) is 0 Å². The van der Waals surface area contributed by atoms with E-state index in [0.29, 0.717) is 6.61 Å². The van der Waals surface area contributed by atoms with Gasteiger partial charge in [-0.15, -0.1) is 0 Å². The first-order valence-corrected chi connectivity index (χ1v) is 6.99. The topological polar surface area (TPSA) is 43.4 Å². The molecule has 0 aliphatic heterocycles. The molecule has 0 aromatic heterocycles. The van der Waals surface area contributed by atoms with E-state index in [1.807, 2.05) is 32.0 Å². The van der Waals surface area contributed by atoms with Gasteiger partial charge in [-0.05, 0) is 37.1 Å². The van der Waals surface area contributed by atoms with Crippen molar-refractivity contribution >= 4 is 15.9 Å². The lowest BCUT2D eigenvalue weighted by molar-refractivity contribution is 0.338. The Bertz CT molecular complexity index is 487. The Morgan fingerprint density at radius 2 is 2.06 bits per heavy atom. The van der Waals surface area contributed by atoms with Gasteiger partial charge in [0, 0.05) is 11.7 Å². The third kappa shape index (κ3) is 4.06. The molecule has 0 amide bonds. The molecule has 16 heavy (non-hydrogen) atoms. The van der Waals surface area contributed by atoms with Gasteiger partial charge in [0.25, 0.3) is 0 Å². The lowest BCUT2D eigenvalue weighted by Gasteiger charge is -2.07. The predicted molar refractivity (Wildman–Crippen MR) is 66.2 cm³/mol. The number of benzene rings is 1. The summed E-state index contributed by atoms with van der Waals surface area (Å²) in [7, 11) is -3.08. The van der Waals surface area contributed by atoms with Crippen molar-refractivity contribution in [1.82, 2.24) is 0 Å². The van der Waals surface area contributed by atoms with Gasteiger partial charge < -0.3 is 4.74 Å². The molecule has 1 aromatic carbocycles. The molecule has 0 atom stereocenters. The summed E-state index contributed by atoms with van der Waals surface area (Å²) >= 11 is 0. The van der Waals surface area contributed by atoms with Crippen molar-refractivity contribution in [3.05, 3.63) is 34.7 Å². The molecule has 0 N–H and O–H groups in total. The Hall–Kier alpha value is -1.29. The van der Waals surface area contributed by atoms with Crippen LogP contribution in [-0.4, -0.2) is 21.3 Å². The fourth-order valence-corrected chi connectivity index (χ4v) is 1.64. The zero-order valence-corrected chi connectivity index (χ0v) is 10.5. The van der Waals surface area contributed by atoms with Crippen molar-refractivity contribution < 1.29 is 13.2 Å². The van der Waals surface area contributed by atoms with Gasteiger partial charge in [-0.3, -0.25) is 0 Å². The number of aryl methyl sites for hydroxylation is 1. The molecule has 88 valence electrons. The van der Waals surface area contributed by atoms with Gasteiger partial charge in [0.05, 0.1) is 6.61 Å². The molecule has 0 unspecified atom stereocenters. The summed E-state index contributed by atoms with van der Waals surface area (Å²) in [5.74, 6) is 0.790. The van der Waals surface area contributed by atoms with Crippen molar-refractivity contribution in [2.45, 2.75) is 13.8 Å². The second kappa shape index (κ2) is 5.16. The van der Waals surface area contributed by atoms with E-state index in [4.69, 9.17) is 4.74 Å². The van der Waals surface area contributed by atoms with Gasteiger partial charge in [-0.2, -0.15) is 0 Å². The molecule has 0 saturated carbocycles. The van der Waals surface area contributed by atoms with Crippen LogP contribution in [0.25, 0.3) is 6.08 Å². The minimum atomic E-state index is -3.08. The number of hydrogen-bond acceptors (Lipinski definition) is 3. The second-order valence-electron chi connectivity index (χ2n) is 3.59. The summed E-state index contributed by atoms with van der Waals surface area (Å²) in [6.45, 7) is 4.47. The highest BCUT2D eigenvalue weighted by Crippen LogP contribution is 2.20. The average Bonchev–Trinajstić information content (AvgIpc) is 2.18. The third-order valence-electron chi connectivity index (χ3n) is 2.02. The molecule has 0 bridgehead atoms. The zero-order valence-electron chi connectivity index (χ0n) is 9.73. The van der Waals surface area contributed by atoms with Gasteiger partial charge in [0.2, 0.25) is 0 Å². The lowest BCUT2D eigenvalue weighted by Crippen LogP contribution is -1.94. The van der Waals surface area contributed by atoms with E-state index in [1.54, 1.807) is 6.08 Å². The molecule has 1 aromatic rings. The Kier molecular flexibility index (Phi) is 4.12. The van der Waals surface area contributed by atoms with E-state index in [1.165, 1.54) is 11.7 Å². The van der Waals surface area contributed by atoms with Gasteiger partial charge >= 0.3 is 0 Å². The van der Waals surface area contributed by atoms with E-state index in [-0.39, 0.29) is 0 Å². The molecule has 0 radical (unpaired) electrons.